The highest BCUT2D eigenvalue weighted by Crippen LogP contribution is 2.30. The van der Waals surface area contributed by atoms with Gasteiger partial charge in [-0.1, -0.05) is 6.07 Å². The van der Waals surface area contributed by atoms with E-state index in [0.29, 0.717) is 24.5 Å². The fourth-order valence-electron chi connectivity index (χ4n) is 1.86. The van der Waals surface area contributed by atoms with Gasteiger partial charge in [0.2, 0.25) is 0 Å². The first kappa shape index (κ1) is 12.7. The van der Waals surface area contributed by atoms with Crippen LogP contribution in [-0.4, -0.2) is 32.8 Å². The molecule has 1 aliphatic heterocycles. The van der Waals surface area contributed by atoms with Crippen molar-refractivity contribution in [2.45, 2.75) is 19.1 Å². The molecule has 0 aliphatic carbocycles. The van der Waals surface area contributed by atoms with Crippen LogP contribution in [0.25, 0.3) is 0 Å². The molecule has 5 heteroatoms. The monoisotopic (exact) mass is 251 g/mol. The highest BCUT2D eigenvalue weighted by atomic mass is 16.6. The van der Waals surface area contributed by atoms with Gasteiger partial charge in [0.25, 0.3) is 0 Å². The van der Waals surface area contributed by atoms with Crippen LogP contribution in [0.5, 0.6) is 11.5 Å². The van der Waals surface area contributed by atoms with Crippen LogP contribution in [0.1, 0.15) is 12.0 Å². The zero-order valence-electron chi connectivity index (χ0n) is 10.6. The summed E-state index contributed by atoms with van der Waals surface area (Å²) in [6, 6.07) is 5.65. The van der Waals surface area contributed by atoms with Crippen LogP contribution in [0.3, 0.4) is 0 Å². The average molecular weight is 251 g/mol. The topological polar surface area (TPSA) is 56.8 Å². The number of hydrogen-bond acceptors (Lipinski definition) is 5. The summed E-state index contributed by atoms with van der Waals surface area (Å²) in [4.78, 5) is 11.3. The summed E-state index contributed by atoms with van der Waals surface area (Å²) in [6.07, 6.45) is 0.0642. The lowest BCUT2D eigenvalue weighted by molar-refractivity contribution is -0.143. The predicted molar refractivity (Wildman–Crippen MR) is 65.7 cm³/mol. The predicted octanol–water partition coefficient (Wildman–Crippen LogP) is 1.11. The molecule has 1 aromatic carbocycles. The van der Waals surface area contributed by atoms with Crippen molar-refractivity contribution in [1.82, 2.24) is 5.32 Å². The van der Waals surface area contributed by atoms with Gasteiger partial charge in [0, 0.05) is 13.0 Å². The largest absolute Gasteiger partial charge is 0.493 e. The van der Waals surface area contributed by atoms with Crippen molar-refractivity contribution in [3.63, 3.8) is 0 Å². The Morgan fingerprint density at radius 3 is 2.89 bits per heavy atom. The molecule has 0 radical (unpaired) electrons. The third-order valence-electron chi connectivity index (χ3n) is 2.77. The van der Waals surface area contributed by atoms with Crippen molar-refractivity contribution in [2.24, 2.45) is 0 Å². The van der Waals surface area contributed by atoms with Gasteiger partial charge in [-0.2, -0.15) is 0 Å². The first-order valence-electron chi connectivity index (χ1n) is 5.89. The summed E-state index contributed by atoms with van der Waals surface area (Å²) < 4.78 is 15.8. The van der Waals surface area contributed by atoms with Crippen LogP contribution in [0, 0.1) is 0 Å². The van der Waals surface area contributed by atoms with Gasteiger partial charge in [-0.05, 0) is 24.7 Å². The van der Waals surface area contributed by atoms with Gasteiger partial charge in [0.1, 0.15) is 0 Å². The summed E-state index contributed by atoms with van der Waals surface area (Å²) in [5.41, 5.74) is 1.09. The second-order valence-corrected chi connectivity index (χ2v) is 4.08. The molecule has 0 amide bonds. The number of esters is 1. The molecule has 0 aromatic heterocycles. The Bertz CT molecular complexity index is 433. The third-order valence-corrected chi connectivity index (χ3v) is 2.77. The van der Waals surface area contributed by atoms with Crippen molar-refractivity contribution in [2.75, 3.05) is 20.8 Å². The number of benzene rings is 1. The van der Waals surface area contributed by atoms with Crippen molar-refractivity contribution >= 4 is 5.97 Å². The molecule has 5 nitrogen and oxygen atoms in total. The maximum absolute atomic E-state index is 11.3. The molecule has 1 aliphatic rings. The molecular weight excluding hydrogens is 234 g/mol. The van der Waals surface area contributed by atoms with Gasteiger partial charge in [-0.15, -0.1) is 0 Å². The SMILES string of the molecule is CNCc1ccc(OC2CCOC2=O)c(OC)c1. The quantitative estimate of drug-likeness (QED) is 0.794. The molecule has 98 valence electrons. The number of nitrogens with one attached hydrogen (secondary N) is 1. The fourth-order valence-corrected chi connectivity index (χ4v) is 1.86. The average Bonchev–Trinajstić information content (AvgIpc) is 2.77. The van der Waals surface area contributed by atoms with Crippen molar-refractivity contribution in [3.8, 4) is 11.5 Å². The lowest BCUT2D eigenvalue weighted by Crippen LogP contribution is -2.22. The molecule has 1 aromatic rings. The van der Waals surface area contributed by atoms with Gasteiger partial charge in [-0.25, -0.2) is 4.79 Å². The van der Waals surface area contributed by atoms with E-state index >= 15 is 0 Å². The lowest BCUT2D eigenvalue weighted by Gasteiger charge is -2.14. The number of rotatable bonds is 5. The molecule has 1 fully saturated rings. The van der Waals surface area contributed by atoms with Gasteiger partial charge >= 0.3 is 5.97 Å². The third kappa shape index (κ3) is 2.73. The zero-order chi connectivity index (χ0) is 13.0. The van der Waals surface area contributed by atoms with Gasteiger partial charge in [0.05, 0.1) is 13.7 Å². The first-order valence-corrected chi connectivity index (χ1v) is 5.89. The minimum atomic E-state index is -0.519. The standard InChI is InChI=1S/C13H17NO4/c1-14-8-9-3-4-10(12(7-9)16-2)18-11-5-6-17-13(11)15/h3-4,7,11,14H,5-6,8H2,1-2H3. The molecule has 1 unspecified atom stereocenters. The molecule has 1 atom stereocenters. The second-order valence-electron chi connectivity index (χ2n) is 4.08. The first-order chi connectivity index (χ1) is 8.74. The summed E-state index contributed by atoms with van der Waals surface area (Å²) in [6.45, 7) is 1.17. The summed E-state index contributed by atoms with van der Waals surface area (Å²) in [5, 5.41) is 3.06. The van der Waals surface area contributed by atoms with Crippen LogP contribution in [-0.2, 0) is 16.1 Å². The smallest absolute Gasteiger partial charge is 0.347 e. The Hall–Kier alpha value is -1.75. The molecule has 1 heterocycles. The number of carbonyl (C=O) groups excluding carboxylic acids is 1. The van der Waals surface area contributed by atoms with E-state index in [4.69, 9.17) is 14.2 Å². The van der Waals surface area contributed by atoms with Crippen LogP contribution >= 0.6 is 0 Å². The van der Waals surface area contributed by atoms with E-state index in [0.717, 1.165) is 12.1 Å². The Morgan fingerprint density at radius 2 is 2.28 bits per heavy atom. The fraction of sp³-hybridized carbons (Fsp3) is 0.462. The molecule has 0 bridgehead atoms. The van der Waals surface area contributed by atoms with Gasteiger partial charge in [-0.3, -0.25) is 0 Å². The molecule has 2 rings (SSSR count). The number of ether oxygens (including phenoxy) is 3. The van der Waals surface area contributed by atoms with E-state index in [1.807, 2.05) is 25.2 Å². The summed E-state index contributed by atoms with van der Waals surface area (Å²) >= 11 is 0. The summed E-state index contributed by atoms with van der Waals surface area (Å²) in [5.74, 6) is 0.889. The number of cyclic esters (lactones) is 1. The van der Waals surface area contributed by atoms with Crippen molar-refractivity contribution in [3.05, 3.63) is 23.8 Å². The zero-order valence-corrected chi connectivity index (χ0v) is 10.6. The minimum absolute atomic E-state index is 0.309. The van der Waals surface area contributed by atoms with E-state index in [1.165, 1.54) is 0 Å². The number of hydrogen-bond donors (Lipinski definition) is 1. The van der Waals surface area contributed by atoms with E-state index in [9.17, 15) is 4.79 Å². The van der Waals surface area contributed by atoms with E-state index < -0.39 is 6.10 Å². The second kappa shape index (κ2) is 5.73. The van der Waals surface area contributed by atoms with E-state index in [2.05, 4.69) is 5.32 Å². The normalized spacial score (nSPS) is 18.6. The molecule has 1 N–H and O–H groups in total. The Balaban J connectivity index is 2.14. The molecule has 18 heavy (non-hydrogen) atoms. The van der Waals surface area contributed by atoms with Gasteiger partial charge < -0.3 is 19.5 Å². The molecule has 0 spiro atoms. The Kier molecular flexibility index (Phi) is 4.04. The lowest BCUT2D eigenvalue weighted by atomic mass is 10.2. The summed E-state index contributed by atoms with van der Waals surface area (Å²) in [7, 11) is 3.46. The highest BCUT2D eigenvalue weighted by Gasteiger charge is 2.29. The van der Waals surface area contributed by atoms with Crippen LogP contribution in [0.15, 0.2) is 18.2 Å². The van der Waals surface area contributed by atoms with Gasteiger partial charge in [0.15, 0.2) is 17.6 Å². The Labute approximate surface area is 106 Å². The maximum atomic E-state index is 11.3. The maximum Gasteiger partial charge on any atom is 0.347 e. The van der Waals surface area contributed by atoms with E-state index in [1.54, 1.807) is 7.11 Å². The highest BCUT2D eigenvalue weighted by molar-refractivity contribution is 5.77. The molecular formula is C13H17NO4. The van der Waals surface area contributed by atoms with E-state index in [-0.39, 0.29) is 5.97 Å². The van der Waals surface area contributed by atoms with Crippen LogP contribution < -0.4 is 14.8 Å². The van der Waals surface area contributed by atoms with Crippen LogP contribution in [0.2, 0.25) is 0 Å². The molecule has 0 saturated carbocycles. The van der Waals surface area contributed by atoms with Crippen molar-refractivity contribution in [1.29, 1.82) is 0 Å². The van der Waals surface area contributed by atoms with Crippen LogP contribution in [0.4, 0.5) is 0 Å². The number of methoxy groups -OCH3 is 1. The number of carbonyl (C=O) groups is 1. The minimum Gasteiger partial charge on any atom is -0.493 e. The molecule has 1 saturated heterocycles. The Morgan fingerprint density at radius 1 is 1.44 bits per heavy atom. The van der Waals surface area contributed by atoms with Crippen molar-refractivity contribution < 1.29 is 19.0 Å².